The lowest BCUT2D eigenvalue weighted by atomic mass is 10.0. The van der Waals surface area contributed by atoms with Gasteiger partial charge in [-0.2, -0.15) is 0 Å². The Hall–Kier alpha value is -1.13. The molecule has 46 heavy (non-hydrogen) atoms. The van der Waals surface area contributed by atoms with E-state index in [0.29, 0.717) is 12.8 Å². The van der Waals surface area contributed by atoms with Crippen LogP contribution in [0, 0.1) is 0 Å². The van der Waals surface area contributed by atoms with Crippen molar-refractivity contribution in [3.05, 3.63) is 24.3 Å². The number of hydrogen-bond donors (Lipinski definition) is 3. The summed E-state index contributed by atoms with van der Waals surface area (Å²) in [6.45, 7) is 4.32. The van der Waals surface area contributed by atoms with Crippen LogP contribution in [0.2, 0.25) is 0 Å². The highest BCUT2D eigenvalue weighted by Crippen LogP contribution is 2.16. The predicted octanol–water partition coefficient (Wildman–Crippen LogP) is 12.5. The van der Waals surface area contributed by atoms with E-state index >= 15 is 0 Å². The minimum atomic E-state index is -0.663. The molecule has 4 nitrogen and oxygen atoms in total. The van der Waals surface area contributed by atoms with Crippen molar-refractivity contribution in [3.8, 4) is 0 Å². The van der Waals surface area contributed by atoms with Crippen LogP contribution in [-0.4, -0.2) is 34.9 Å². The van der Waals surface area contributed by atoms with Crippen LogP contribution in [0.4, 0.5) is 0 Å². The largest absolute Gasteiger partial charge is 0.394 e. The average Bonchev–Trinajstić information content (AvgIpc) is 3.06. The molecule has 0 saturated heterocycles. The summed E-state index contributed by atoms with van der Waals surface area (Å²) >= 11 is 0. The monoisotopic (exact) mass is 648 g/mol. The molecule has 4 heteroatoms. The van der Waals surface area contributed by atoms with E-state index in [-0.39, 0.29) is 12.5 Å². The molecule has 3 N–H and O–H groups in total. The first-order valence-corrected chi connectivity index (χ1v) is 20.5. The zero-order valence-electron chi connectivity index (χ0n) is 31.1. The van der Waals surface area contributed by atoms with Gasteiger partial charge >= 0.3 is 0 Å². The van der Waals surface area contributed by atoms with E-state index in [1.54, 1.807) is 0 Å². The van der Waals surface area contributed by atoms with Crippen LogP contribution >= 0.6 is 0 Å². The number of rotatable bonds is 37. The van der Waals surface area contributed by atoms with E-state index in [0.717, 1.165) is 44.9 Å². The fourth-order valence-corrected chi connectivity index (χ4v) is 6.26. The predicted molar refractivity (Wildman–Crippen MR) is 202 cm³/mol. The van der Waals surface area contributed by atoms with Crippen LogP contribution < -0.4 is 5.32 Å². The second-order valence-corrected chi connectivity index (χ2v) is 14.1. The van der Waals surface area contributed by atoms with Crippen molar-refractivity contribution in [2.24, 2.45) is 0 Å². The van der Waals surface area contributed by atoms with Crippen LogP contribution in [0.25, 0.3) is 0 Å². The Kier molecular flexibility index (Phi) is 37.4. The SMILES string of the molecule is CCCC/C=C\C/C=C\CCCCCCCC(=O)NC(CO)C(O)CCCCCCCCCCCCCCCCCCCCCC. The van der Waals surface area contributed by atoms with Gasteiger partial charge in [-0.05, 0) is 38.5 Å². The van der Waals surface area contributed by atoms with Crippen molar-refractivity contribution in [2.45, 2.75) is 231 Å². The Labute approximate surface area is 288 Å². The fourth-order valence-electron chi connectivity index (χ4n) is 6.26. The molecule has 0 aliphatic carbocycles. The molecule has 2 atom stereocenters. The molecular weight excluding hydrogens is 566 g/mol. The smallest absolute Gasteiger partial charge is 0.220 e. The molecule has 0 aliphatic heterocycles. The highest BCUT2D eigenvalue weighted by molar-refractivity contribution is 5.76. The van der Waals surface area contributed by atoms with Crippen LogP contribution in [0.5, 0.6) is 0 Å². The molecule has 2 unspecified atom stereocenters. The molecule has 1 amide bonds. The van der Waals surface area contributed by atoms with Crippen LogP contribution in [-0.2, 0) is 4.79 Å². The van der Waals surface area contributed by atoms with Gasteiger partial charge in [0.15, 0.2) is 0 Å². The number of allylic oxidation sites excluding steroid dienone is 4. The Morgan fingerprint density at radius 1 is 0.522 bits per heavy atom. The number of amides is 1. The summed E-state index contributed by atoms with van der Waals surface area (Å²) < 4.78 is 0. The number of aliphatic hydroxyl groups excluding tert-OH is 2. The van der Waals surface area contributed by atoms with Crippen LogP contribution in [0.1, 0.15) is 219 Å². The van der Waals surface area contributed by atoms with Gasteiger partial charge in [0.05, 0.1) is 18.8 Å². The van der Waals surface area contributed by atoms with E-state index in [2.05, 4.69) is 43.5 Å². The van der Waals surface area contributed by atoms with Crippen LogP contribution in [0.15, 0.2) is 24.3 Å². The van der Waals surface area contributed by atoms with Crippen molar-refractivity contribution < 1.29 is 15.0 Å². The fraction of sp³-hybridized carbons (Fsp3) is 0.881. The van der Waals surface area contributed by atoms with Gasteiger partial charge in [0.2, 0.25) is 5.91 Å². The molecule has 0 bridgehead atoms. The number of carbonyl (C=O) groups excluding carboxylic acids is 1. The quantitative estimate of drug-likeness (QED) is 0.0464. The zero-order valence-corrected chi connectivity index (χ0v) is 31.1. The molecule has 272 valence electrons. The summed E-state index contributed by atoms with van der Waals surface area (Å²) in [7, 11) is 0. The van der Waals surface area contributed by atoms with Crippen molar-refractivity contribution in [1.29, 1.82) is 0 Å². The maximum absolute atomic E-state index is 12.3. The van der Waals surface area contributed by atoms with E-state index < -0.39 is 12.1 Å². The van der Waals surface area contributed by atoms with Crippen molar-refractivity contribution in [3.63, 3.8) is 0 Å². The topological polar surface area (TPSA) is 69.6 Å². The lowest BCUT2D eigenvalue weighted by Gasteiger charge is -2.22. The molecular formula is C42H81NO3. The van der Waals surface area contributed by atoms with Gasteiger partial charge in [-0.15, -0.1) is 0 Å². The van der Waals surface area contributed by atoms with Gasteiger partial charge in [0.25, 0.3) is 0 Å². The maximum atomic E-state index is 12.3. The summed E-state index contributed by atoms with van der Waals surface area (Å²) in [5.74, 6) is -0.0449. The van der Waals surface area contributed by atoms with Gasteiger partial charge in [0.1, 0.15) is 0 Å². The molecule has 0 heterocycles. The summed E-state index contributed by atoms with van der Waals surface area (Å²) in [6.07, 6.45) is 48.1. The molecule has 0 aromatic carbocycles. The molecule has 0 aromatic rings. The Balaban J connectivity index is 3.52. The molecule has 0 spiro atoms. The van der Waals surface area contributed by atoms with Gasteiger partial charge < -0.3 is 15.5 Å². The minimum absolute atomic E-state index is 0.0449. The molecule has 0 rings (SSSR count). The summed E-state index contributed by atoms with van der Waals surface area (Å²) in [6, 6.07) is -0.541. The first-order valence-electron chi connectivity index (χ1n) is 20.5. The second-order valence-electron chi connectivity index (χ2n) is 14.1. The minimum Gasteiger partial charge on any atom is -0.394 e. The highest BCUT2D eigenvalue weighted by atomic mass is 16.3. The lowest BCUT2D eigenvalue weighted by molar-refractivity contribution is -0.123. The Morgan fingerprint density at radius 3 is 1.37 bits per heavy atom. The second kappa shape index (κ2) is 38.3. The normalized spacial score (nSPS) is 13.2. The standard InChI is InChI=1S/C42H81NO3/c1-3-5-7-9-11-13-15-17-19-20-21-22-23-24-25-27-29-31-33-35-37-41(45)40(39-44)43-42(46)38-36-34-32-30-28-26-18-16-14-12-10-8-6-4-2/h10,12,16,18,40-41,44-45H,3-9,11,13-15,17,19-39H2,1-2H3,(H,43,46)/b12-10-,18-16-. The third kappa shape index (κ3) is 34.2. The average molecular weight is 648 g/mol. The van der Waals surface area contributed by atoms with Crippen molar-refractivity contribution >= 4 is 5.91 Å². The molecule has 0 aromatic heterocycles. The molecule has 0 aliphatic rings. The third-order valence-electron chi connectivity index (χ3n) is 9.47. The highest BCUT2D eigenvalue weighted by Gasteiger charge is 2.19. The third-order valence-corrected chi connectivity index (χ3v) is 9.47. The van der Waals surface area contributed by atoms with Crippen molar-refractivity contribution in [2.75, 3.05) is 6.61 Å². The van der Waals surface area contributed by atoms with Gasteiger partial charge in [-0.25, -0.2) is 0 Å². The summed E-state index contributed by atoms with van der Waals surface area (Å²) in [5.41, 5.74) is 0. The number of nitrogens with one attached hydrogen (secondary N) is 1. The first-order chi connectivity index (χ1) is 22.7. The van der Waals surface area contributed by atoms with Crippen molar-refractivity contribution in [1.82, 2.24) is 5.32 Å². The van der Waals surface area contributed by atoms with E-state index in [9.17, 15) is 15.0 Å². The van der Waals surface area contributed by atoms with E-state index in [4.69, 9.17) is 0 Å². The summed E-state index contributed by atoms with van der Waals surface area (Å²) in [4.78, 5) is 12.3. The van der Waals surface area contributed by atoms with Crippen LogP contribution in [0.3, 0.4) is 0 Å². The first kappa shape index (κ1) is 44.9. The molecule has 0 fully saturated rings. The maximum Gasteiger partial charge on any atom is 0.220 e. The van der Waals surface area contributed by atoms with Gasteiger partial charge in [-0.3, -0.25) is 4.79 Å². The zero-order chi connectivity index (χ0) is 33.6. The summed E-state index contributed by atoms with van der Waals surface area (Å²) in [5, 5.41) is 23.1. The van der Waals surface area contributed by atoms with E-state index in [1.165, 1.54) is 148 Å². The van der Waals surface area contributed by atoms with E-state index in [1.807, 2.05) is 0 Å². The van der Waals surface area contributed by atoms with Gasteiger partial charge in [0, 0.05) is 6.42 Å². The number of hydrogen-bond acceptors (Lipinski definition) is 3. The number of unbranched alkanes of at least 4 members (excludes halogenated alkanes) is 26. The number of aliphatic hydroxyl groups is 2. The number of carbonyl (C=O) groups is 1. The van der Waals surface area contributed by atoms with Gasteiger partial charge in [-0.1, -0.05) is 199 Å². The molecule has 0 radical (unpaired) electrons. The Morgan fingerprint density at radius 2 is 0.913 bits per heavy atom. The Bertz CT molecular complexity index is 661. The molecule has 0 saturated carbocycles. The lowest BCUT2D eigenvalue weighted by Crippen LogP contribution is -2.45.